The Morgan fingerprint density at radius 2 is 2.00 bits per heavy atom. The van der Waals surface area contributed by atoms with E-state index in [4.69, 9.17) is 4.42 Å². The van der Waals surface area contributed by atoms with Crippen LogP contribution in [0.25, 0.3) is 11.5 Å². The van der Waals surface area contributed by atoms with Crippen LogP contribution in [0, 0.1) is 10.1 Å². The summed E-state index contributed by atoms with van der Waals surface area (Å²) >= 11 is 0. The third kappa shape index (κ3) is 2.37. The summed E-state index contributed by atoms with van der Waals surface area (Å²) in [5.41, 5.74) is 0.307. The molecule has 0 radical (unpaired) electrons. The van der Waals surface area contributed by atoms with Crippen LogP contribution in [0.1, 0.15) is 26.7 Å². The fourth-order valence-corrected chi connectivity index (χ4v) is 1.40. The van der Waals surface area contributed by atoms with Crippen molar-refractivity contribution in [1.29, 1.82) is 0 Å². The zero-order valence-electron chi connectivity index (χ0n) is 10.4. The standard InChI is InChI=1S/C12H13N3O3/c1-12(2,3)11-14-13-10(18-11)8-5-4-6-9(7-8)15(16)17/h4-7H,1-3H3. The van der Waals surface area contributed by atoms with Gasteiger partial charge in [-0.3, -0.25) is 10.1 Å². The molecule has 0 saturated carbocycles. The number of nitrogens with zero attached hydrogens (tertiary/aromatic N) is 3. The summed E-state index contributed by atoms with van der Waals surface area (Å²) in [6.45, 7) is 5.87. The van der Waals surface area contributed by atoms with E-state index in [1.54, 1.807) is 12.1 Å². The van der Waals surface area contributed by atoms with Crippen molar-refractivity contribution in [2.45, 2.75) is 26.2 Å². The van der Waals surface area contributed by atoms with Crippen molar-refractivity contribution >= 4 is 5.69 Å². The van der Waals surface area contributed by atoms with Crippen LogP contribution < -0.4 is 0 Å². The summed E-state index contributed by atoms with van der Waals surface area (Å²) in [5, 5.41) is 18.6. The first kappa shape index (κ1) is 12.2. The molecule has 6 heteroatoms. The maximum absolute atomic E-state index is 10.7. The van der Waals surface area contributed by atoms with Gasteiger partial charge in [-0.2, -0.15) is 0 Å². The van der Waals surface area contributed by atoms with Crippen LogP contribution in [0.3, 0.4) is 0 Å². The zero-order chi connectivity index (χ0) is 13.3. The highest BCUT2D eigenvalue weighted by molar-refractivity contribution is 5.57. The van der Waals surface area contributed by atoms with E-state index in [0.717, 1.165) is 0 Å². The molecule has 1 aromatic heterocycles. The fourth-order valence-electron chi connectivity index (χ4n) is 1.40. The number of benzene rings is 1. The van der Waals surface area contributed by atoms with Gasteiger partial charge >= 0.3 is 0 Å². The van der Waals surface area contributed by atoms with E-state index in [2.05, 4.69) is 10.2 Å². The smallest absolute Gasteiger partial charge is 0.270 e. The minimum Gasteiger partial charge on any atom is -0.420 e. The van der Waals surface area contributed by atoms with Crippen LogP contribution in [0.5, 0.6) is 0 Å². The van der Waals surface area contributed by atoms with Crippen molar-refractivity contribution < 1.29 is 9.34 Å². The second kappa shape index (κ2) is 4.21. The van der Waals surface area contributed by atoms with Crippen molar-refractivity contribution in [2.24, 2.45) is 0 Å². The number of nitro groups is 1. The Kier molecular flexibility index (Phi) is 2.86. The summed E-state index contributed by atoms with van der Waals surface area (Å²) in [6, 6.07) is 6.13. The molecular formula is C12H13N3O3. The topological polar surface area (TPSA) is 82.1 Å². The number of nitro benzene ring substituents is 1. The normalized spacial score (nSPS) is 11.5. The Morgan fingerprint density at radius 3 is 2.56 bits per heavy atom. The molecule has 0 unspecified atom stereocenters. The molecule has 0 bridgehead atoms. The van der Waals surface area contributed by atoms with E-state index in [0.29, 0.717) is 17.3 Å². The fraction of sp³-hybridized carbons (Fsp3) is 0.333. The molecule has 18 heavy (non-hydrogen) atoms. The lowest BCUT2D eigenvalue weighted by Crippen LogP contribution is -2.11. The summed E-state index contributed by atoms with van der Waals surface area (Å²) in [5.74, 6) is 0.799. The highest BCUT2D eigenvalue weighted by Crippen LogP contribution is 2.26. The Bertz CT molecular complexity index is 584. The van der Waals surface area contributed by atoms with Crippen LogP contribution >= 0.6 is 0 Å². The number of non-ortho nitro benzene ring substituents is 1. The van der Waals surface area contributed by atoms with E-state index in [-0.39, 0.29) is 11.1 Å². The molecule has 0 N–H and O–H groups in total. The number of aromatic nitrogens is 2. The molecule has 0 amide bonds. The van der Waals surface area contributed by atoms with Gasteiger partial charge in [-0.05, 0) is 6.07 Å². The van der Waals surface area contributed by atoms with Gasteiger partial charge < -0.3 is 4.42 Å². The average Bonchev–Trinajstić information content (AvgIpc) is 2.78. The first-order chi connectivity index (χ1) is 8.38. The van der Waals surface area contributed by atoms with Crippen LogP contribution in [-0.4, -0.2) is 15.1 Å². The number of hydrogen-bond donors (Lipinski definition) is 0. The van der Waals surface area contributed by atoms with Crippen molar-refractivity contribution in [2.75, 3.05) is 0 Å². The summed E-state index contributed by atoms with van der Waals surface area (Å²) in [6.07, 6.45) is 0. The minimum absolute atomic E-state index is 0.00279. The molecule has 6 nitrogen and oxygen atoms in total. The SMILES string of the molecule is CC(C)(C)c1nnc(-c2cccc([N+](=O)[O-])c2)o1. The first-order valence-electron chi connectivity index (χ1n) is 5.47. The maximum atomic E-state index is 10.7. The lowest BCUT2D eigenvalue weighted by Gasteiger charge is -2.10. The molecule has 0 atom stereocenters. The van der Waals surface area contributed by atoms with Gasteiger partial charge in [0.15, 0.2) is 0 Å². The van der Waals surface area contributed by atoms with Gasteiger partial charge in [0.2, 0.25) is 11.8 Å². The van der Waals surface area contributed by atoms with E-state index in [1.165, 1.54) is 12.1 Å². The molecule has 2 rings (SSSR count). The quantitative estimate of drug-likeness (QED) is 0.601. The molecule has 1 heterocycles. The predicted molar refractivity (Wildman–Crippen MR) is 65.1 cm³/mol. The molecule has 0 aliphatic heterocycles. The third-order valence-electron chi connectivity index (χ3n) is 2.37. The average molecular weight is 247 g/mol. The van der Waals surface area contributed by atoms with Gasteiger partial charge in [-0.1, -0.05) is 26.8 Å². The first-order valence-corrected chi connectivity index (χ1v) is 5.47. The van der Waals surface area contributed by atoms with Gasteiger partial charge in [0.25, 0.3) is 5.69 Å². The van der Waals surface area contributed by atoms with Gasteiger partial charge in [-0.25, -0.2) is 0 Å². The monoisotopic (exact) mass is 247 g/mol. The molecule has 0 spiro atoms. The molecule has 0 aliphatic rings. The molecule has 0 fully saturated rings. The van der Waals surface area contributed by atoms with Gasteiger partial charge in [0.05, 0.1) is 4.92 Å². The zero-order valence-corrected chi connectivity index (χ0v) is 10.4. The molecular weight excluding hydrogens is 234 g/mol. The van der Waals surface area contributed by atoms with Crippen LogP contribution in [-0.2, 0) is 5.41 Å². The van der Waals surface area contributed by atoms with Gasteiger partial charge in [0, 0.05) is 23.1 Å². The lowest BCUT2D eigenvalue weighted by molar-refractivity contribution is -0.384. The van der Waals surface area contributed by atoms with Crippen molar-refractivity contribution in [3.05, 3.63) is 40.3 Å². The Labute approximate surface area is 104 Å². The number of hydrogen-bond acceptors (Lipinski definition) is 5. The highest BCUT2D eigenvalue weighted by atomic mass is 16.6. The number of rotatable bonds is 2. The Morgan fingerprint density at radius 1 is 1.28 bits per heavy atom. The largest absolute Gasteiger partial charge is 0.420 e. The second-order valence-electron chi connectivity index (χ2n) is 4.97. The van der Waals surface area contributed by atoms with E-state index >= 15 is 0 Å². The highest BCUT2D eigenvalue weighted by Gasteiger charge is 2.22. The molecule has 94 valence electrons. The molecule has 1 aromatic carbocycles. The maximum Gasteiger partial charge on any atom is 0.270 e. The molecule has 2 aromatic rings. The van der Waals surface area contributed by atoms with Crippen molar-refractivity contribution in [3.63, 3.8) is 0 Å². The van der Waals surface area contributed by atoms with Crippen molar-refractivity contribution in [3.8, 4) is 11.5 Å². The van der Waals surface area contributed by atoms with Crippen LogP contribution in [0.2, 0.25) is 0 Å². The summed E-state index contributed by atoms with van der Waals surface area (Å²) < 4.78 is 5.52. The van der Waals surface area contributed by atoms with Gasteiger partial charge in [0.1, 0.15) is 0 Å². The van der Waals surface area contributed by atoms with Crippen LogP contribution in [0.4, 0.5) is 5.69 Å². The third-order valence-corrected chi connectivity index (χ3v) is 2.37. The van der Waals surface area contributed by atoms with E-state index in [1.807, 2.05) is 20.8 Å². The van der Waals surface area contributed by atoms with E-state index < -0.39 is 4.92 Å². The summed E-state index contributed by atoms with van der Waals surface area (Å²) in [7, 11) is 0. The Hall–Kier alpha value is -2.24. The second-order valence-corrected chi connectivity index (χ2v) is 4.97. The van der Waals surface area contributed by atoms with E-state index in [9.17, 15) is 10.1 Å². The van der Waals surface area contributed by atoms with Crippen molar-refractivity contribution in [1.82, 2.24) is 10.2 Å². The molecule has 0 saturated heterocycles. The Balaban J connectivity index is 2.40. The van der Waals surface area contributed by atoms with Gasteiger partial charge in [-0.15, -0.1) is 10.2 Å². The summed E-state index contributed by atoms with van der Waals surface area (Å²) in [4.78, 5) is 10.2. The van der Waals surface area contributed by atoms with Crippen LogP contribution in [0.15, 0.2) is 28.7 Å². The molecule has 0 aliphatic carbocycles. The minimum atomic E-state index is -0.454. The lowest BCUT2D eigenvalue weighted by atomic mass is 9.97. The predicted octanol–water partition coefficient (Wildman–Crippen LogP) is 2.94.